The van der Waals surface area contributed by atoms with E-state index < -0.39 is 28.3 Å². The molecule has 1 aromatic carbocycles. The van der Waals surface area contributed by atoms with Crippen molar-refractivity contribution in [3.8, 4) is 6.01 Å². The topological polar surface area (TPSA) is 118 Å². The lowest BCUT2D eigenvalue weighted by atomic mass is 10.1. The van der Waals surface area contributed by atoms with E-state index in [9.17, 15) is 4.79 Å². The Kier molecular flexibility index (Phi) is 10.5. The second-order valence-corrected chi connectivity index (χ2v) is 27.2. The van der Waals surface area contributed by atoms with E-state index in [-0.39, 0.29) is 42.0 Å². The summed E-state index contributed by atoms with van der Waals surface area (Å²) in [4.78, 5) is 21.3. The van der Waals surface area contributed by atoms with Gasteiger partial charge >= 0.3 is 6.01 Å². The number of fused-ring (bicyclic) bond motifs is 3. The summed E-state index contributed by atoms with van der Waals surface area (Å²) in [6.07, 6.45) is 0.196. The number of nitrogens with zero attached hydrogens (tertiary/aromatic N) is 3. The summed E-state index contributed by atoms with van der Waals surface area (Å²) < 4.78 is 49.1. The van der Waals surface area contributed by atoms with Gasteiger partial charge in [-0.15, -0.1) is 0 Å². The third-order valence-corrected chi connectivity index (χ3v) is 16.7. The van der Waals surface area contributed by atoms with Crippen LogP contribution in [0.1, 0.15) is 51.3 Å². The number of anilines is 2. The molecule has 1 aliphatic carbocycles. The van der Waals surface area contributed by atoms with Gasteiger partial charge in [0.05, 0.1) is 30.4 Å². The molecular weight excluding hydrogens is 697 g/mol. The van der Waals surface area contributed by atoms with Gasteiger partial charge in [0.15, 0.2) is 20.1 Å². The Hall–Kier alpha value is -2.60. The number of aromatic nitrogens is 3. The number of pyridine rings is 1. The molecule has 2 aliphatic heterocycles. The highest BCUT2D eigenvalue weighted by Crippen LogP contribution is 2.42. The van der Waals surface area contributed by atoms with Crippen molar-refractivity contribution in [3.05, 3.63) is 40.2 Å². The first kappa shape index (κ1) is 37.2. The Bertz CT molecular complexity index is 1750. The van der Waals surface area contributed by atoms with Crippen LogP contribution in [0.5, 0.6) is 6.01 Å². The van der Waals surface area contributed by atoms with Crippen molar-refractivity contribution < 1.29 is 32.6 Å². The molecule has 1 amide bonds. The minimum atomic E-state index is -2.04. The fourth-order valence-corrected chi connectivity index (χ4v) is 8.74. The molecule has 3 aromatic rings. The second kappa shape index (κ2) is 14.1. The molecule has 274 valence electrons. The number of ether oxygens (including phenoxy) is 4. The van der Waals surface area contributed by atoms with E-state index >= 15 is 4.39 Å². The summed E-state index contributed by atoms with van der Waals surface area (Å²) in [6.45, 7) is 21.0. The molecule has 2 fully saturated rings. The van der Waals surface area contributed by atoms with Crippen molar-refractivity contribution in [2.75, 3.05) is 30.5 Å². The van der Waals surface area contributed by atoms with Crippen molar-refractivity contribution in [1.29, 1.82) is 0 Å². The summed E-state index contributed by atoms with van der Waals surface area (Å²) in [7, 11) is -3.37. The van der Waals surface area contributed by atoms with Crippen LogP contribution in [0.4, 0.5) is 15.9 Å². The largest absolute Gasteiger partial charge is 0.456 e. The number of hydrogen-bond donors (Lipinski definition) is 2. The number of imidazole rings is 1. The van der Waals surface area contributed by atoms with Crippen LogP contribution in [0.25, 0.3) is 11.2 Å². The summed E-state index contributed by atoms with van der Waals surface area (Å²) in [6, 6.07) is 5.90. The predicted molar refractivity (Wildman–Crippen MR) is 198 cm³/mol. The SMILES string of the molecule is CC(=O)Nc1cc(F)c2c(c1)CCC2Nc1nc2c(cc1Cl)nc(O[C@@H]1CO[C@@H]3C(O[Si](C)(C)C(C)(C)C)CO[C@@H]31)n2COCC[Si](C)(C)C. The lowest BCUT2D eigenvalue weighted by Crippen LogP contribution is -2.47. The highest BCUT2D eigenvalue weighted by Gasteiger charge is 2.52. The fourth-order valence-electron chi connectivity index (χ4n) is 6.47. The summed E-state index contributed by atoms with van der Waals surface area (Å²) in [5.41, 5.74) is 2.90. The number of carbonyl (C=O) groups is 1. The Morgan fingerprint density at radius 2 is 1.78 bits per heavy atom. The van der Waals surface area contributed by atoms with E-state index in [1.165, 1.54) is 13.0 Å². The molecule has 11 nitrogen and oxygen atoms in total. The lowest BCUT2D eigenvalue weighted by Gasteiger charge is -2.39. The molecule has 0 saturated carbocycles. The quantitative estimate of drug-likeness (QED) is 0.143. The van der Waals surface area contributed by atoms with Gasteiger partial charge in [0.2, 0.25) is 5.91 Å². The number of benzene rings is 1. The number of carbonyl (C=O) groups excluding carboxylic acids is 1. The fraction of sp³-hybridized carbons (Fsp3) is 0.629. The average Bonchev–Trinajstić information content (AvgIpc) is 3.75. The molecule has 4 heterocycles. The van der Waals surface area contributed by atoms with Gasteiger partial charge < -0.3 is 34.0 Å². The van der Waals surface area contributed by atoms with Gasteiger partial charge in [-0.3, -0.25) is 9.36 Å². The molecule has 2 aromatic heterocycles. The number of rotatable bonds is 12. The molecule has 2 unspecified atom stereocenters. The monoisotopic (exact) mass is 747 g/mol. The van der Waals surface area contributed by atoms with Crippen LogP contribution in [0.15, 0.2) is 18.2 Å². The van der Waals surface area contributed by atoms with E-state index in [1.807, 2.05) is 10.6 Å². The number of aryl methyl sites for hydroxylation is 1. The van der Waals surface area contributed by atoms with Gasteiger partial charge in [0.25, 0.3) is 0 Å². The molecule has 0 spiro atoms. The van der Waals surface area contributed by atoms with Gasteiger partial charge in [-0.05, 0) is 60.8 Å². The number of amides is 1. The maximum Gasteiger partial charge on any atom is 0.301 e. The highest BCUT2D eigenvalue weighted by atomic mass is 35.5. The van der Waals surface area contributed by atoms with Crippen LogP contribution < -0.4 is 15.4 Å². The maximum atomic E-state index is 15.4. The zero-order valence-corrected chi connectivity index (χ0v) is 33.4. The molecule has 15 heteroatoms. The minimum Gasteiger partial charge on any atom is -0.456 e. The molecular formula is C35H51ClFN5O6Si2. The highest BCUT2D eigenvalue weighted by molar-refractivity contribution is 6.76. The minimum absolute atomic E-state index is 0.0640. The molecule has 6 rings (SSSR count). The van der Waals surface area contributed by atoms with Crippen LogP contribution >= 0.6 is 11.6 Å². The van der Waals surface area contributed by atoms with E-state index in [0.717, 1.165) is 11.6 Å². The number of hydrogen-bond acceptors (Lipinski definition) is 9. The third-order valence-electron chi connectivity index (χ3n) is 10.2. The standard InChI is InChI=1S/C35H51ClFN5O6Si2/c1-20(43)38-22-14-21-10-11-25(29(21)24(37)15-22)39-32-23(36)16-26-33(41-32)42(19-44-12-13-49(5,6)7)34(40-26)47-27-17-45-31-28(18-46-30(27)31)48-50(8,9)35(2,3)4/h14-16,25,27-28,30-31H,10-13,17-19H2,1-9H3,(H,38,43)(H,39,41)/t25?,27-,28?,30-,31-/m1/s1. The van der Waals surface area contributed by atoms with E-state index in [2.05, 4.69) is 64.1 Å². The van der Waals surface area contributed by atoms with Gasteiger partial charge in [0.1, 0.15) is 36.1 Å². The van der Waals surface area contributed by atoms with E-state index in [4.69, 9.17) is 44.9 Å². The normalized spacial score (nSPS) is 23.7. The van der Waals surface area contributed by atoms with E-state index in [1.54, 1.807) is 6.07 Å². The first-order valence-electron chi connectivity index (χ1n) is 17.5. The zero-order chi connectivity index (χ0) is 36.2. The third kappa shape index (κ3) is 7.91. The number of halogens is 2. The molecule has 0 radical (unpaired) electrons. The van der Waals surface area contributed by atoms with Crippen molar-refractivity contribution in [3.63, 3.8) is 0 Å². The lowest BCUT2D eigenvalue weighted by molar-refractivity contribution is -0.114. The smallest absolute Gasteiger partial charge is 0.301 e. The van der Waals surface area contributed by atoms with Crippen molar-refractivity contribution in [2.45, 2.75) is 122 Å². The molecule has 2 N–H and O–H groups in total. The molecule has 0 bridgehead atoms. The maximum absolute atomic E-state index is 15.4. The van der Waals surface area contributed by atoms with Gasteiger partial charge in [0, 0.05) is 32.9 Å². The van der Waals surface area contributed by atoms with Gasteiger partial charge in [-0.2, -0.15) is 4.98 Å². The zero-order valence-electron chi connectivity index (χ0n) is 30.6. The van der Waals surface area contributed by atoms with Crippen LogP contribution in [0.3, 0.4) is 0 Å². The van der Waals surface area contributed by atoms with Gasteiger partial charge in [-0.1, -0.05) is 52.0 Å². The Morgan fingerprint density at radius 1 is 1.08 bits per heavy atom. The molecule has 3 aliphatic rings. The molecule has 50 heavy (non-hydrogen) atoms. The predicted octanol–water partition coefficient (Wildman–Crippen LogP) is 7.53. The summed E-state index contributed by atoms with van der Waals surface area (Å²) >= 11 is 6.78. The van der Waals surface area contributed by atoms with Gasteiger partial charge in [-0.25, -0.2) is 9.37 Å². The van der Waals surface area contributed by atoms with Crippen LogP contribution in [0, 0.1) is 5.82 Å². The van der Waals surface area contributed by atoms with E-state index in [0.29, 0.717) is 71.9 Å². The van der Waals surface area contributed by atoms with Crippen LogP contribution in [0.2, 0.25) is 48.8 Å². The Labute approximate surface area is 301 Å². The van der Waals surface area contributed by atoms with Crippen molar-refractivity contribution in [1.82, 2.24) is 14.5 Å². The molecule has 2 saturated heterocycles. The van der Waals surface area contributed by atoms with Crippen LogP contribution in [-0.2, 0) is 36.6 Å². The first-order chi connectivity index (χ1) is 23.4. The first-order valence-corrected chi connectivity index (χ1v) is 24.5. The van der Waals surface area contributed by atoms with Crippen LogP contribution in [-0.4, -0.2) is 81.1 Å². The van der Waals surface area contributed by atoms with Crippen molar-refractivity contribution in [2.24, 2.45) is 0 Å². The summed E-state index contributed by atoms with van der Waals surface area (Å²) in [5.74, 6) is -0.231. The second-order valence-electron chi connectivity index (χ2n) is 16.4. The average molecular weight is 748 g/mol. The van der Waals surface area contributed by atoms with Crippen molar-refractivity contribution >= 4 is 56.6 Å². The summed E-state index contributed by atoms with van der Waals surface area (Å²) in [5, 5.41) is 6.47. The molecule has 5 atom stereocenters. The Balaban J connectivity index is 1.25. The number of nitrogens with one attached hydrogen (secondary N) is 2. The Morgan fingerprint density at radius 3 is 2.46 bits per heavy atom.